The summed E-state index contributed by atoms with van der Waals surface area (Å²) in [5.74, 6) is -2.48. The SMILES string of the molecule is O[C@@H]1c2c(c(C(F)(F)F)nn2[C@H]2CCO[C@@H](C(F)(F)F)C2)C2(OCCO2)[C@@H]1F. The van der Waals surface area contributed by atoms with Gasteiger partial charge in [0.15, 0.2) is 18.0 Å². The molecule has 4 rings (SSSR count). The summed E-state index contributed by atoms with van der Waals surface area (Å²) in [7, 11) is 0. The van der Waals surface area contributed by atoms with Crippen molar-refractivity contribution in [3.63, 3.8) is 0 Å². The molecular weight excluding hydrogens is 405 g/mol. The molecule has 0 amide bonds. The maximum Gasteiger partial charge on any atom is 0.435 e. The zero-order chi connectivity index (χ0) is 20.5. The van der Waals surface area contributed by atoms with Crippen molar-refractivity contribution in [1.29, 1.82) is 0 Å². The fourth-order valence-corrected chi connectivity index (χ4v) is 4.00. The fourth-order valence-electron chi connectivity index (χ4n) is 4.00. The van der Waals surface area contributed by atoms with Crippen LogP contribution in [0, 0.1) is 0 Å². The highest BCUT2D eigenvalue weighted by Crippen LogP contribution is 2.55. The summed E-state index contributed by atoms with van der Waals surface area (Å²) in [6, 6.07) is -1.18. The Morgan fingerprint density at radius 3 is 2.29 bits per heavy atom. The second-order valence-electron chi connectivity index (χ2n) is 6.84. The minimum absolute atomic E-state index is 0.0869. The molecule has 0 saturated carbocycles. The van der Waals surface area contributed by atoms with E-state index in [4.69, 9.17) is 9.47 Å². The van der Waals surface area contributed by atoms with Crippen LogP contribution in [0.25, 0.3) is 0 Å². The zero-order valence-electron chi connectivity index (χ0n) is 14.1. The molecule has 2 aliphatic heterocycles. The Morgan fingerprint density at radius 2 is 1.71 bits per heavy atom. The molecule has 4 atom stereocenters. The Morgan fingerprint density at radius 1 is 1.07 bits per heavy atom. The Kier molecular flexibility index (Phi) is 4.45. The summed E-state index contributed by atoms with van der Waals surface area (Å²) >= 11 is 0. The van der Waals surface area contributed by atoms with Crippen LogP contribution in [0.3, 0.4) is 0 Å². The van der Waals surface area contributed by atoms with Gasteiger partial charge in [0, 0.05) is 13.0 Å². The number of hydrogen-bond acceptors (Lipinski definition) is 5. The lowest BCUT2D eigenvalue weighted by atomic mass is 10.0. The van der Waals surface area contributed by atoms with Gasteiger partial charge in [-0.3, -0.25) is 4.68 Å². The molecule has 0 radical (unpaired) electrons. The Balaban J connectivity index is 1.83. The minimum Gasteiger partial charge on any atom is -0.383 e. The number of halogens is 7. The van der Waals surface area contributed by atoms with Crippen LogP contribution in [0.15, 0.2) is 0 Å². The van der Waals surface area contributed by atoms with E-state index in [-0.39, 0.29) is 26.2 Å². The van der Waals surface area contributed by atoms with E-state index in [1.807, 2.05) is 0 Å². The summed E-state index contributed by atoms with van der Waals surface area (Å²) in [6.45, 7) is -0.789. The molecule has 2 saturated heterocycles. The van der Waals surface area contributed by atoms with Gasteiger partial charge in [0.2, 0.25) is 5.79 Å². The molecule has 1 aromatic heterocycles. The summed E-state index contributed by atoms with van der Waals surface area (Å²) in [4.78, 5) is 0. The largest absolute Gasteiger partial charge is 0.435 e. The fraction of sp³-hybridized carbons (Fsp3) is 0.800. The third kappa shape index (κ3) is 2.82. The lowest BCUT2D eigenvalue weighted by molar-refractivity contribution is -0.235. The second kappa shape index (κ2) is 6.28. The Bertz CT molecular complexity index is 757. The van der Waals surface area contributed by atoms with Gasteiger partial charge in [0.1, 0.15) is 6.10 Å². The lowest BCUT2D eigenvalue weighted by Gasteiger charge is -2.32. The number of alkyl halides is 7. The highest BCUT2D eigenvalue weighted by molar-refractivity contribution is 5.42. The monoisotopic (exact) mass is 420 g/mol. The van der Waals surface area contributed by atoms with Crippen LogP contribution < -0.4 is 0 Å². The normalized spacial score (nSPS) is 32.9. The minimum atomic E-state index is -5.06. The first-order valence-electron chi connectivity index (χ1n) is 8.45. The van der Waals surface area contributed by atoms with Gasteiger partial charge in [0.25, 0.3) is 0 Å². The predicted molar refractivity (Wildman–Crippen MR) is 74.7 cm³/mol. The molecule has 158 valence electrons. The van der Waals surface area contributed by atoms with Crippen LogP contribution in [0.1, 0.15) is 41.9 Å². The molecule has 28 heavy (non-hydrogen) atoms. The average molecular weight is 420 g/mol. The first kappa shape index (κ1) is 19.9. The molecule has 1 spiro atoms. The topological polar surface area (TPSA) is 65.7 Å². The molecule has 13 heteroatoms. The highest BCUT2D eigenvalue weighted by Gasteiger charge is 2.64. The van der Waals surface area contributed by atoms with E-state index >= 15 is 0 Å². The molecular formula is C15H15F7N2O4. The Hall–Kier alpha value is -1.44. The molecule has 3 heterocycles. The maximum absolute atomic E-state index is 14.8. The first-order valence-corrected chi connectivity index (χ1v) is 8.45. The van der Waals surface area contributed by atoms with Crippen LogP contribution in [0.4, 0.5) is 30.7 Å². The van der Waals surface area contributed by atoms with Crippen LogP contribution in [0.5, 0.6) is 0 Å². The number of nitrogens with zero attached hydrogens (tertiary/aromatic N) is 2. The van der Waals surface area contributed by atoms with Crippen molar-refractivity contribution < 1.29 is 50.1 Å². The quantitative estimate of drug-likeness (QED) is 0.708. The molecule has 0 unspecified atom stereocenters. The van der Waals surface area contributed by atoms with Crippen LogP contribution in [0.2, 0.25) is 0 Å². The number of ether oxygens (including phenoxy) is 3. The van der Waals surface area contributed by atoms with Crippen molar-refractivity contribution in [1.82, 2.24) is 9.78 Å². The molecule has 1 aromatic rings. The number of rotatable bonds is 1. The summed E-state index contributed by atoms with van der Waals surface area (Å²) in [5, 5.41) is 13.7. The van der Waals surface area contributed by atoms with E-state index in [0.29, 0.717) is 4.68 Å². The van der Waals surface area contributed by atoms with Gasteiger partial charge in [-0.15, -0.1) is 0 Å². The van der Waals surface area contributed by atoms with Gasteiger partial charge in [-0.2, -0.15) is 31.4 Å². The van der Waals surface area contributed by atoms with Crippen molar-refractivity contribution in [2.45, 2.75) is 55.4 Å². The number of fused-ring (bicyclic) bond motifs is 2. The predicted octanol–water partition coefficient (Wildman–Crippen LogP) is 2.77. The van der Waals surface area contributed by atoms with Crippen molar-refractivity contribution in [3.05, 3.63) is 17.0 Å². The second-order valence-corrected chi connectivity index (χ2v) is 6.84. The van der Waals surface area contributed by atoms with E-state index in [0.717, 1.165) is 0 Å². The van der Waals surface area contributed by atoms with Crippen molar-refractivity contribution >= 4 is 0 Å². The van der Waals surface area contributed by atoms with Crippen LogP contribution in [-0.2, 0) is 26.2 Å². The number of hydrogen-bond donors (Lipinski definition) is 1. The molecule has 6 nitrogen and oxygen atoms in total. The zero-order valence-corrected chi connectivity index (χ0v) is 14.1. The Labute approximate surface area is 153 Å². The summed E-state index contributed by atoms with van der Waals surface area (Å²) in [5.41, 5.74) is -2.93. The maximum atomic E-state index is 14.8. The number of aliphatic hydroxyl groups excluding tert-OH is 1. The third-order valence-corrected chi connectivity index (χ3v) is 5.17. The number of aromatic nitrogens is 2. The van der Waals surface area contributed by atoms with Crippen LogP contribution >= 0.6 is 0 Å². The molecule has 2 fully saturated rings. The van der Waals surface area contributed by atoms with Gasteiger partial charge in [-0.25, -0.2) is 4.39 Å². The molecule has 3 aliphatic rings. The van der Waals surface area contributed by atoms with Crippen LogP contribution in [-0.4, -0.2) is 53.2 Å². The van der Waals surface area contributed by atoms with E-state index < -0.39 is 65.9 Å². The van der Waals surface area contributed by atoms with Gasteiger partial charge < -0.3 is 19.3 Å². The lowest BCUT2D eigenvalue weighted by Crippen LogP contribution is -2.39. The van der Waals surface area contributed by atoms with Gasteiger partial charge in [0.05, 0.1) is 30.5 Å². The van der Waals surface area contributed by atoms with Crippen molar-refractivity contribution in [2.24, 2.45) is 0 Å². The van der Waals surface area contributed by atoms with Gasteiger partial charge >= 0.3 is 12.4 Å². The van der Waals surface area contributed by atoms with E-state index in [1.165, 1.54) is 0 Å². The van der Waals surface area contributed by atoms with Crippen molar-refractivity contribution in [2.75, 3.05) is 19.8 Å². The smallest absolute Gasteiger partial charge is 0.383 e. The average Bonchev–Trinajstić information content (AvgIpc) is 3.28. The van der Waals surface area contributed by atoms with Crippen molar-refractivity contribution in [3.8, 4) is 0 Å². The first-order chi connectivity index (χ1) is 13.0. The molecule has 1 N–H and O–H groups in total. The molecule has 1 aliphatic carbocycles. The number of aliphatic hydroxyl groups is 1. The van der Waals surface area contributed by atoms with E-state index in [1.54, 1.807) is 0 Å². The third-order valence-electron chi connectivity index (χ3n) is 5.17. The van der Waals surface area contributed by atoms with E-state index in [9.17, 15) is 35.8 Å². The standard InChI is InChI=1S/C15H15F7N2O4/c16-11-10(25)9-8(13(11)27-3-4-28-13)12(15(20,21)22)23-24(9)6-1-2-26-7(5-6)14(17,18)19/h6-7,10-11,25H,1-5H2/t6-,7+,10+,11+/m0/s1. The highest BCUT2D eigenvalue weighted by atomic mass is 19.4. The summed E-state index contributed by atoms with van der Waals surface area (Å²) in [6.07, 6.45) is -17.3. The van der Waals surface area contributed by atoms with E-state index in [2.05, 4.69) is 9.84 Å². The van der Waals surface area contributed by atoms with Gasteiger partial charge in [-0.05, 0) is 6.42 Å². The van der Waals surface area contributed by atoms with Gasteiger partial charge in [-0.1, -0.05) is 0 Å². The molecule has 0 bridgehead atoms. The molecule has 0 aromatic carbocycles. The summed E-state index contributed by atoms with van der Waals surface area (Å²) < 4.78 is 110.